The molecular formula is C13H25N3. The summed E-state index contributed by atoms with van der Waals surface area (Å²) in [5.41, 5.74) is 8.83. The molecule has 0 saturated carbocycles. The summed E-state index contributed by atoms with van der Waals surface area (Å²) in [6.45, 7) is 10.9. The van der Waals surface area contributed by atoms with E-state index in [1.54, 1.807) is 0 Å². The number of nitrogens with zero attached hydrogens (tertiary/aromatic N) is 1. The molecule has 0 fully saturated rings. The third-order valence-corrected chi connectivity index (χ3v) is 2.75. The lowest BCUT2D eigenvalue weighted by Crippen LogP contribution is -2.19. The van der Waals surface area contributed by atoms with E-state index in [2.05, 4.69) is 44.6 Å². The molecule has 0 amide bonds. The van der Waals surface area contributed by atoms with Gasteiger partial charge in [-0.2, -0.15) is 0 Å². The van der Waals surface area contributed by atoms with Gasteiger partial charge in [0.25, 0.3) is 0 Å². The molecule has 0 bridgehead atoms. The number of nitrogens with two attached hydrogens (primary N) is 1. The van der Waals surface area contributed by atoms with Crippen LogP contribution in [0.1, 0.15) is 64.3 Å². The largest absolute Gasteiger partial charge is 0.344 e. The molecule has 0 aliphatic rings. The number of aromatic nitrogens is 2. The van der Waals surface area contributed by atoms with Crippen molar-refractivity contribution in [2.75, 3.05) is 0 Å². The third kappa shape index (κ3) is 3.34. The van der Waals surface area contributed by atoms with Gasteiger partial charge in [0.05, 0.1) is 11.7 Å². The van der Waals surface area contributed by atoms with Gasteiger partial charge in [0.15, 0.2) is 0 Å². The molecule has 0 radical (unpaired) electrons. The van der Waals surface area contributed by atoms with Crippen LogP contribution in [0, 0.1) is 5.41 Å². The summed E-state index contributed by atoms with van der Waals surface area (Å²) in [6, 6.07) is 0.0191. The second kappa shape index (κ2) is 5.00. The average molecular weight is 223 g/mol. The maximum absolute atomic E-state index is 6.18. The zero-order chi connectivity index (χ0) is 12.3. The third-order valence-electron chi connectivity index (χ3n) is 2.75. The highest BCUT2D eigenvalue weighted by Gasteiger charge is 2.20. The highest BCUT2D eigenvalue weighted by atomic mass is 15.0. The van der Waals surface area contributed by atoms with Gasteiger partial charge in [-0.25, -0.2) is 4.98 Å². The van der Waals surface area contributed by atoms with E-state index in [0.717, 1.165) is 25.1 Å². The lowest BCUT2D eigenvalue weighted by Gasteiger charge is -2.21. The van der Waals surface area contributed by atoms with Crippen molar-refractivity contribution in [3.05, 3.63) is 17.2 Å². The number of nitrogens with one attached hydrogen (secondary N) is 1. The van der Waals surface area contributed by atoms with Crippen molar-refractivity contribution in [3.8, 4) is 0 Å². The Balaban J connectivity index is 2.83. The Hall–Kier alpha value is -0.830. The second-order valence-corrected chi connectivity index (χ2v) is 5.63. The molecule has 1 aromatic rings. The molecule has 0 aromatic carbocycles. The first kappa shape index (κ1) is 13.2. The maximum atomic E-state index is 6.18. The Morgan fingerprint density at radius 1 is 1.25 bits per heavy atom. The number of aryl methyl sites for hydroxylation is 2. The second-order valence-electron chi connectivity index (χ2n) is 5.63. The number of hydrogen-bond donors (Lipinski definition) is 2. The molecule has 0 aliphatic heterocycles. The van der Waals surface area contributed by atoms with E-state index in [0.29, 0.717) is 0 Å². The van der Waals surface area contributed by atoms with Gasteiger partial charge in [0.1, 0.15) is 5.82 Å². The lowest BCUT2D eigenvalue weighted by molar-refractivity contribution is 0.337. The summed E-state index contributed by atoms with van der Waals surface area (Å²) in [6.07, 6.45) is 2.92. The number of H-pyrrole nitrogens is 1. The number of hydrogen-bond acceptors (Lipinski definition) is 2. The van der Waals surface area contributed by atoms with Crippen molar-refractivity contribution in [1.82, 2.24) is 9.97 Å². The summed E-state index contributed by atoms with van der Waals surface area (Å²) in [7, 11) is 0. The van der Waals surface area contributed by atoms with Crippen LogP contribution < -0.4 is 5.73 Å². The Kier molecular flexibility index (Phi) is 4.14. The molecule has 3 heteroatoms. The summed E-state index contributed by atoms with van der Waals surface area (Å²) >= 11 is 0. The Labute approximate surface area is 98.8 Å². The van der Waals surface area contributed by atoms with Crippen LogP contribution in [0.15, 0.2) is 0 Å². The van der Waals surface area contributed by atoms with Gasteiger partial charge in [-0.1, -0.05) is 34.6 Å². The van der Waals surface area contributed by atoms with Gasteiger partial charge in [-0.05, 0) is 24.7 Å². The van der Waals surface area contributed by atoms with Crippen molar-refractivity contribution in [3.63, 3.8) is 0 Å². The van der Waals surface area contributed by atoms with E-state index in [1.165, 1.54) is 11.4 Å². The zero-order valence-corrected chi connectivity index (χ0v) is 11.2. The Morgan fingerprint density at radius 3 is 2.25 bits per heavy atom. The van der Waals surface area contributed by atoms with Crippen molar-refractivity contribution in [1.29, 1.82) is 0 Å². The SMILES string of the molecule is CCc1nc(C(N)CC(C)(C)C)[nH]c1CC. The molecule has 1 rings (SSSR count). The highest BCUT2D eigenvalue weighted by Crippen LogP contribution is 2.27. The van der Waals surface area contributed by atoms with Gasteiger partial charge in [0, 0.05) is 5.69 Å². The molecule has 3 nitrogen and oxygen atoms in total. The van der Waals surface area contributed by atoms with Crippen molar-refractivity contribution in [2.24, 2.45) is 11.1 Å². The first-order chi connectivity index (χ1) is 7.37. The Bertz CT molecular complexity index is 312. The highest BCUT2D eigenvalue weighted by molar-refractivity contribution is 5.16. The molecule has 0 aliphatic carbocycles. The van der Waals surface area contributed by atoms with Gasteiger partial charge in [0.2, 0.25) is 0 Å². The van der Waals surface area contributed by atoms with Crippen molar-refractivity contribution >= 4 is 0 Å². The summed E-state index contributed by atoms with van der Waals surface area (Å²) in [4.78, 5) is 7.97. The van der Waals surface area contributed by atoms with Crippen LogP contribution in [0.2, 0.25) is 0 Å². The van der Waals surface area contributed by atoms with Crippen LogP contribution >= 0.6 is 0 Å². The molecule has 0 saturated heterocycles. The van der Waals surface area contributed by atoms with Gasteiger partial charge < -0.3 is 10.7 Å². The molecule has 92 valence electrons. The topological polar surface area (TPSA) is 54.7 Å². The summed E-state index contributed by atoms with van der Waals surface area (Å²) in [5, 5.41) is 0. The molecule has 3 N–H and O–H groups in total. The van der Waals surface area contributed by atoms with E-state index in [-0.39, 0.29) is 11.5 Å². The van der Waals surface area contributed by atoms with Crippen LogP contribution in [0.25, 0.3) is 0 Å². The zero-order valence-electron chi connectivity index (χ0n) is 11.2. The van der Waals surface area contributed by atoms with E-state index >= 15 is 0 Å². The molecular weight excluding hydrogens is 198 g/mol. The van der Waals surface area contributed by atoms with Crippen LogP contribution in [0.4, 0.5) is 0 Å². The first-order valence-corrected chi connectivity index (χ1v) is 6.20. The molecule has 0 spiro atoms. The number of aromatic amines is 1. The Morgan fingerprint density at radius 2 is 1.88 bits per heavy atom. The average Bonchev–Trinajstić information content (AvgIpc) is 2.57. The van der Waals surface area contributed by atoms with Gasteiger partial charge in [-0.3, -0.25) is 0 Å². The molecule has 1 aromatic heterocycles. The predicted molar refractivity (Wildman–Crippen MR) is 68.3 cm³/mol. The summed E-state index contributed by atoms with van der Waals surface area (Å²) < 4.78 is 0. The molecule has 16 heavy (non-hydrogen) atoms. The van der Waals surface area contributed by atoms with Gasteiger partial charge in [-0.15, -0.1) is 0 Å². The van der Waals surface area contributed by atoms with Crippen LogP contribution in [-0.4, -0.2) is 9.97 Å². The molecule has 1 heterocycles. The van der Waals surface area contributed by atoms with E-state index in [4.69, 9.17) is 5.73 Å². The fraction of sp³-hybridized carbons (Fsp3) is 0.769. The number of imidazole rings is 1. The van der Waals surface area contributed by atoms with Gasteiger partial charge >= 0.3 is 0 Å². The minimum Gasteiger partial charge on any atom is -0.344 e. The number of rotatable bonds is 4. The van der Waals surface area contributed by atoms with E-state index in [1.807, 2.05) is 0 Å². The van der Waals surface area contributed by atoms with Crippen LogP contribution in [0.5, 0.6) is 0 Å². The molecule has 1 unspecified atom stereocenters. The smallest absolute Gasteiger partial charge is 0.123 e. The minimum absolute atomic E-state index is 0.0191. The fourth-order valence-corrected chi connectivity index (χ4v) is 1.98. The predicted octanol–water partition coefficient (Wildman–Crippen LogP) is 2.97. The fourth-order valence-electron chi connectivity index (χ4n) is 1.98. The van der Waals surface area contributed by atoms with Crippen LogP contribution in [0.3, 0.4) is 0 Å². The minimum atomic E-state index is 0.0191. The lowest BCUT2D eigenvalue weighted by atomic mass is 9.88. The van der Waals surface area contributed by atoms with E-state index in [9.17, 15) is 0 Å². The summed E-state index contributed by atoms with van der Waals surface area (Å²) in [5.74, 6) is 0.948. The molecule has 1 atom stereocenters. The normalized spacial score (nSPS) is 14.1. The maximum Gasteiger partial charge on any atom is 0.123 e. The first-order valence-electron chi connectivity index (χ1n) is 6.20. The van der Waals surface area contributed by atoms with E-state index < -0.39 is 0 Å². The van der Waals surface area contributed by atoms with Crippen molar-refractivity contribution < 1.29 is 0 Å². The van der Waals surface area contributed by atoms with Crippen LogP contribution in [-0.2, 0) is 12.8 Å². The quantitative estimate of drug-likeness (QED) is 0.824. The van der Waals surface area contributed by atoms with Crippen molar-refractivity contribution in [2.45, 2.75) is 59.9 Å². The standard InChI is InChI=1S/C13H25N3/c1-6-10-11(7-2)16-12(15-10)9(14)8-13(3,4)5/h9H,6-8,14H2,1-5H3,(H,15,16). The monoisotopic (exact) mass is 223 g/mol.